The van der Waals surface area contributed by atoms with Crippen molar-refractivity contribution in [3.05, 3.63) is 36.3 Å². The Labute approximate surface area is 154 Å². The van der Waals surface area contributed by atoms with Gasteiger partial charge < -0.3 is 14.0 Å². The molecule has 26 heavy (non-hydrogen) atoms. The Morgan fingerprint density at radius 2 is 2.08 bits per heavy atom. The summed E-state index contributed by atoms with van der Waals surface area (Å²) in [6.45, 7) is 5.15. The van der Waals surface area contributed by atoms with Crippen molar-refractivity contribution in [3.63, 3.8) is 0 Å². The van der Waals surface area contributed by atoms with E-state index in [9.17, 15) is 4.79 Å². The zero-order valence-electron chi connectivity index (χ0n) is 15.5. The number of carbonyl (C=O) groups is 1. The van der Waals surface area contributed by atoms with Gasteiger partial charge in [0.25, 0.3) is 0 Å². The number of pyridine rings is 1. The van der Waals surface area contributed by atoms with Gasteiger partial charge in [-0.3, -0.25) is 9.69 Å². The summed E-state index contributed by atoms with van der Waals surface area (Å²) in [5.41, 5.74) is 2.08. The van der Waals surface area contributed by atoms with Crippen molar-refractivity contribution < 1.29 is 9.53 Å². The van der Waals surface area contributed by atoms with Crippen LogP contribution in [0.5, 0.6) is 0 Å². The topological polar surface area (TPSA) is 50.1 Å². The van der Waals surface area contributed by atoms with Crippen LogP contribution < -0.4 is 0 Å². The first-order valence-corrected chi connectivity index (χ1v) is 9.65. The molecule has 0 spiro atoms. The summed E-state index contributed by atoms with van der Waals surface area (Å²) < 4.78 is 7.31. The minimum absolute atomic E-state index is 0.208. The lowest BCUT2D eigenvalue weighted by molar-refractivity contribution is -0.137. The Morgan fingerprint density at radius 3 is 2.85 bits per heavy atom. The van der Waals surface area contributed by atoms with Gasteiger partial charge in [-0.25, -0.2) is 4.98 Å². The molecule has 2 aromatic rings. The summed E-state index contributed by atoms with van der Waals surface area (Å²) in [6, 6.07) is 6.05. The summed E-state index contributed by atoms with van der Waals surface area (Å²) in [5.74, 6) is 1.13. The van der Waals surface area contributed by atoms with Crippen LogP contribution in [0.1, 0.15) is 25.0 Å². The van der Waals surface area contributed by atoms with Gasteiger partial charge in [0.1, 0.15) is 5.65 Å². The van der Waals surface area contributed by atoms with Crippen molar-refractivity contribution in [1.29, 1.82) is 0 Å². The molecule has 2 aliphatic rings. The zero-order valence-corrected chi connectivity index (χ0v) is 15.5. The van der Waals surface area contributed by atoms with Crippen LogP contribution in [-0.2, 0) is 16.1 Å². The summed E-state index contributed by atoms with van der Waals surface area (Å²) >= 11 is 0. The van der Waals surface area contributed by atoms with E-state index in [0.29, 0.717) is 11.8 Å². The highest BCUT2D eigenvalue weighted by Gasteiger charge is 2.33. The van der Waals surface area contributed by atoms with Gasteiger partial charge in [0, 0.05) is 64.8 Å². The molecule has 6 nitrogen and oxygen atoms in total. The number of methoxy groups -OCH3 is 1. The minimum Gasteiger partial charge on any atom is -0.384 e. The molecule has 1 amide bonds. The highest BCUT2D eigenvalue weighted by atomic mass is 16.5. The molecule has 1 aliphatic carbocycles. The standard InChI is InChI=1S/C20H28N4O2/c1-26-15-16-5-6-17(12-16)20(25)23-10-8-22(9-11-23)13-18-14-24-7-3-2-4-19(24)21-18/h2-4,7,14,16-17H,5-6,8-13,15H2,1H3/t16-,17+/m1/s1. The number of imidazole rings is 1. The third-order valence-electron chi connectivity index (χ3n) is 5.78. The molecular formula is C20H28N4O2. The molecule has 0 bridgehead atoms. The lowest BCUT2D eigenvalue weighted by Gasteiger charge is -2.35. The molecule has 6 heteroatoms. The highest BCUT2D eigenvalue weighted by Crippen LogP contribution is 2.32. The molecular weight excluding hydrogens is 328 g/mol. The zero-order chi connectivity index (χ0) is 17.9. The van der Waals surface area contributed by atoms with E-state index in [-0.39, 0.29) is 5.92 Å². The van der Waals surface area contributed by atoms with Crippen LogP contribution in [0.2, 0.25) is 0 Å². The van der Waals surface area contributed by atoms with E-state index in [2.05, 4.69) is 25.4 Å². The van der Waals surface area contributed by atoms with E-state index in [1.165, 1.54) is 0 Å². The van der Waals surface area contributed by atoms with Crippen molar-refractivity contribution in [2.75, 3.05) is 39.9 Å². The molecule has 2 fully saturated rings. The monoisotopic (exact) mass is 356 g/mol. The van der Waals surface area contributed by atoms with Gasteiger partial charge >= 0.3 is 0 Å². The molecule has 2 atom stereocenters. The number of hydrogen-bond donors (Lipinski definition) is 0. The SMILES string of the molecule is COC[C@@H]1CC[C@H](C(=O)N2CCN(Cc3cn4ccccc4n3)CC2)C1. The first-order valence-electron chi connectivity index (χ1n) is 9.65. The van der Waals surface area contributed by atoms with E-state index < -0.39 is 0 Å². The van der Waals surface area contributed by atoms with Crippen LogP contribution in [0, 0.1) is 11.8 Å². The minimum atomic E-state index is 0.208. The van der Waals surface area contributed by atoms with Gasteiger partial charge in [-0.2, -0.15) is 0 Å². The smallest absolute Gasteiger partial charge is 0.225 e. The largest absolute Gasteiger partial charge is 0.384 e. The van der Waals surface area contributed by atoms with Gasteiger partial charge in [0.15, 0.2) is 0 Å². The predicted molar refractivity (Wildman–Crippen MR) is 99.8 cm³/mol. The van der Waals surface area contributed by atoms with Gasteiger partial charge in [-0.05, 0) is 37.3 Å². The lowest BCUT2D eigenvalue weighted by Crippen LogP contribution is -2.49. The lowest BCUT2D eigenvalue weighted by atomic mass is 10.0. The van der Waals surface area contributed by atoms with Crippen LogP contribution in [0.25, 0.3) is 5.65 Å². The summed E-state index contributed by atoms with van der Waals surface area (Å²) in [4.78, 5) is 21.9. The van der Waals surface area contributed by atoms with Gasteiger partial charge in [-0.15, -0.1) is 0 Å². The van der Waals surface area contributed by atoms with Crippen molar-refractivity contribution in [3.8, 4) is 0 Å². The van der Waals surface area contributed by atoms with Crippen molar-refractivity contribution in [2.24, 2.45) is 11.8 Å². The molecule has 4 rings (SSSR count). The van der Waals surface area contributed by atoms with Crippen molar-refractivity contribution >= 4 is 11.6 Å². The Hall–Kier alpha value is -1.92. The molecule has 140 valence electrons. The fourth-order valence-electron chi connectivity index (χ4n) is 4.36. The maximum absolute atomic E-state index is 12.8. The number of fused-ring (bicyclic) bond motifs is 1. The Balaban J connectivity index is 1.28. The fourth-order valence-corrected chi connectivity index (χ4v) is 4.36. The molecule has 0 N–H and O–H groups in total. The molecule has 0 unspecified atom stereocenters. The van der Waals surface area contributed by atoms with Crippen LogP contribution in [0.15, 0.2) is 30.6 Å². The van der Waals surface area contributed by atoms with Crippen LogP contribution in [-0.4, -0.2) is 65.0 Å². The molecule has 0 aromatic carbocycles. The molecule has 2 aromatic heterocycles. The molecule has 3 heterocycles. The summed E-state index contributed by atoms with van der Waals surface area (Å²) in [7, 11) is 1.75. The third-order valence-corrected chi connectivity index (χ3v) is 5.78. The number of rotatable bonds is 5. The van der Waals surface area contributed by atoms with E-state index >= 15 is 0 Å². The van der Waals surface area contributed by atoms with Crippen LogP contribution >= 0.6 is 0 Å². The summed E-state index contributed by atoms with van der Waals surface area (Å²) in [5, 5.41) is 0. The number of hydrogen-bond acceptors (Lipinski definition) is 4. The van der Waals surface area contributed by atoms with Gasteiger partial charge in [0.05, 0.1) is 5.69 Å². The normalized spacial score (nSPS) is 24.4. The quantitative estimate of drug-likeness (QED) is 0.823. The third kappa shape index (κ3) is 3.76. The first-order chi connectivity index (χ1) is 12.7. The maximum atomic E-state index is 12.8. The second-order valence-electron chi connectivity index (χ2n) is 7.63. The van der Waals surface area contributed by atoms with Crippen LogP contribution in [0.3, 0.4) is 0 Å². The fraction of sp³-hybridized carbons (Fsp3) is 0.600. The second-order valence-corrected chi connectivity index (χ2v) is 7.63. The number of aromatic nitrogens is 2. The molecule has 1 saturated carbocycles. The molecule has 1 saturated heterocycles. The Morgan fingerprint density at radius 1 is 1.23 bits per heavy atom. The molecule has 1 aliphatic heterocycles. The predicted octanol–water partition coefficient (Wildman–Crippen LogP) is 2.04. The van der Waals surface area contributed by atoms with E-state index in [1.54, 1.807) is 7.11 Å². The summed E-state index contributed by atoms with van der Waals surface area (Å²) in [6.07, 6.45) is 7.27. The van der Waals surface area contributed by atoms with Gasteiger partial charge in [0.2, 0.25) is 5.91 Å². The highest BCUT2D eigenvalue weighted by molar-refractivity contribution is 5.79. The average molecular weight is 356 g/mol. The number of ether oxygens (including phenoxy) is 1. The second kappa shape index (κ2) is 7.76. The van der Waals surface area contributed by atoms with E-state index in [0.717, 1.165) is 69.9 Å². The van der Waals surface area contributed by atoms with Crippen molar-refractivity contribution in [1.82, 2.24) is 19.2 Å². The number of piperazine rings is 1. The molecule has 0 radical (unpaired) electrons. The van der Waals surface area contributed by atoms with Crippen LogP contribution in [0.4, 0.5) is 0 Å². The number of nitrogens with zero attached hydrogens (tertiary/aromatic N) is 4. The van der Waals surface area contributed by atoms with E-state index in [4.69, 9.17) is 4.74 Å². The number of carbonyl (C=O) groups excluding carboxylic acids is 1. The van der Waals surface area contributed by atoms with Crippen molar-refractivity contribution in [2.45, 2.75) is 25.8 Å². The van der Waals surface area contributed by atoms with Gasteiger partial charge in [-0.1, -0.05) is 6.07 Å². The number of amides is 1. The average Bonchev–Trinajstić information content (AvgIpc) is 3.28. The first kappa shape index (κ1) is 17.5. The van der Waals surface area contributed by atoms with E-state index in [1.807, 2.05) is 24.4 Å². The Kier molecular flexibility index (Phi) is 5.22. The maximum Gasteiger partial charge on any atom is 0.225 e. The Bertz CT molecular complexity index is 718.